The number of nitrogens with two attached hydrogens (primary N) is 1. The van der Waals surface area contributed by atoms with E-state index in [0.29, 0.717) is 0 Å². The van der Waals surface area contributed by atoms with Crippen LogP contribution in [0, 0.1) is 0 Å². The number of ether oxygens (including phenoxy) is 1. The van der Waals surface area contributed by atoms with Crippen LogP contribution in [-0.2, 0) is 9.53 Å². The minimum atomic E-state index is 0.118. The molecule has 19 heavy (non-hydrogen) atoms. The van der Waals surface area contributed by atoms with E-state index < -0.39 is 0 Å². The summed E-state index contributed by atoms with van der Waals surface area (Å²) in [6, 6.07) is 0. The van der Waals surface area contributed by atoms with Crippen LogP contribution in [0.4, 0.5) is 0 Å². The lowest BCUT2D eigenvalue weighted by molar-refractivity contribution is -0.139. The van der Waals surface area contributed by atoms with E-state index in [1.54, 1.807) is 0 Å². The molecule has 0 aromatic heterocycles. The van der Waals surface area contributed by atoms with Crippen molar-refractivity contribution in [2.45, 2.75) is 39.2 Å². The van der Waals surface area contributed by atoms with Crippen molar-refractivity contribution >= 4 is 5.91 Å². The topological polar surface area (TPSA) is 58.8 Å². The Kier molecular flexibility index (Phi) is 8.02. The van der Waals surface area contributed by atoms with E-state index in [1.807, 2.05) is 18.7 Å². The Morgan fingerprint density at radius 2 is 1.84 bits per heavy atom. The van der Waals surface area contributed by atoms with Crippen molar-refractivity contribution < 1.29 is 9.53 Å². The highest BCUT2D eigenvalue weighted by Crippen LogP contribution is 2.05. The monoisotopic (exact) mass is 271 g/mol. The normalized spacial score (nSPS) is 17.2. The van der Waals surface area contributed by atoms with Crippen LogP contribution in [0.15, 0.2) is 0 Å². The van der Waals surface area contributed by atoms with Gasteiger partial charge in [0.1, 0.15) is 6.61 Å². The molecule has 1 amide bonds. The lowest BCUT2D eigenvalue weighted by Crippen LogP contribution is -2.49. The quantitative estimate of drug-likeness (QED) is 0.660. The maximum atomic E-state index is 11.9. The van der Waals surface area contributed by atoms with Crippen LogP contribution >= 0.6 is 0 Å². The van der Waals surface area contributed by atoms with Crippen LogP contribution in [0.3, 0.4) is 0 Å². The van der Waals surface area contributed by atoms with Crippen LogP contribution in [0.25, 0.3) is 0 Å². The average Bonchev–Trinajstić information content (AvgIpc) is 2.41. The van der Waals surface area contributed by atoms with Crippen molar-refractivity contribution in [3.8, 4) is 0 Å². The van der Waals surface area contributed by atoms with Crippen LogP contribution in [0.2, 0.25) is 0 Å². The van der Waals surface area contributed by atoms with Gasteiger partial charge in [0.15, 0.2) is 0 Å². The third-order valence-electron chi connectivity index (χ3n) is 3.44. The summed E-state index contributed by atoms with van der Waals surface area (Å²) >= 11 is 0. The van der Waals surface area contributed by atoms with Crippen molar-refractivity contribution in [2.24, 2.45) is 5.73 Å². The number of unbranched alkanes of at least 4 members (excludes halogenated alkanes) is 2. The van der Waals surface area contributed by atoms with Crippen molar-refractivity contribution in [1.29, 1.82) is 0 Å². The fourth-order valence-electron chi connectivity index (χ4n) is 2.21. The van der Waals surface area contributed by atoms with Gasteiger partial charge in [-0.1, -0.05) is 6.42 Å². The zero-order valence-electron chi connectivity index (χ0n) is 12.4. The van der Waals surface area contributed by atoms with Crippen LogP contribution in [0.1, 0.15) is 33.1 Å². The van der Waals surface area contributed by atoms with E-state index in [9.17, 15) is 4.79 Å². The highest BCUT2D eigenvalue weighted by Gasteiger charge is 2.20. The second-order valence-corrected chi connectivity index (χ2v) is 5.43. The van der Waals surface area contributed by atoms with Gasteiger partial charge in [-0.15, -0.1) is 0 Å². The van der Waals surface area contributed by atoms with E-state index >= 15 is 0 Å². The standard InChI is InChI=1S/C14H29N3O2/c1-13(2)19-12-14(18)17-10-8-16(9-11-17)7-5-3-4-6-15/h13H,3-12,15H2,1-2H3. The molecule has 0 radical (unpaired) electrons. The second kappa shape index (κ2) is 9.28. The minimum Gasteiger partial charge on any atom is -0.369 e. The fraction of sp³-hybridized carbons (Fsp3) is 0.929. The number of rotatable bonds is 8. The molecule has 0 bridgehead atoms. The van der Waals surface area contributed by atoms with Crippen molar-refractivity contribution in [1.82, 2.24) is 9.80 Å². The smallest absolute Gasteiger partial charge is 0.248 e. The number of piperazine rings is 1. The number of nitrogens with zero attached hydrogens (tertiary/aromatic N) is 2. The van der Waals surface area contributed by atoms with E-state index in [0.717, 1.165) is 45.7 Å². The Bertz CT molecular complexity index is 251. The maximum absolute atomic E-state index is 11.9. The number of hydrogen-bond donors (Lipinski definition) is 1. The first-order valence-corrected chi connectivity index (χ1v) is 7.45. The molecule has 0 spiro atoms. The zero-order valence-corrected chi connectivity index (χ0v) is 12.4. The predicted octanol–water partition coefficient (Wildman–Crippen LogP) is 0.685. The molecule has 1 heterocycles. The van der Waals surface area contributed by atoms with Gasteiger partial charge in [-0.05, 0) is 39.8 Å². The maximum Gasteiger partial charge on any atom is 0.248 e. The highest BCUT2D eigenvalue weighted by atomic mass is 16.5. The summed E-state index contributed by atoms with van der Waals surface area (Å²) in [6.45, 7) is 9.66. The summed E-state index contributed by atoms with van der Waals surface area (Å²) in [5.74, 6) is 0.122. The van der Waals surface area contributed by atoms with Gasteiger partial charge >= 0.3 is 0 Å². The summed E-state index contributed by atoms with van der Waals surface area (Å²) in [5.41, 5.74) is 5.48. The number of hydrogen-bond acceptors (Lipinski definition) is 4. The van der Waals surface area contributed by atoms with Crippen LogP contribution in [0.5, 0.6) is 0 Å². The van der Waals surface area contributed by atoms with Crippen molar-refractivity contribution in [3.05, 3.63) is 0 Å². The molecule has 5 heteroatoms. The molecule has 5 nitrogen and oxygen atoms in total. The molecule has 1 aliphatic rings. The van der Waals surface area contributed by atoms with Crippen molar-refractivity contribution in [3.63, 3.8) is 0 Å². The second-order valence-electron chi connectivity index (χ2n) is 5.43. The summed E-state index contributed by atoms with van der Waals surface area (Å²) < 4.78 is 5.36. The van der Waals surface area contributed by atoms with Gasteiger partial charge in [0, 0.05) is 26.2 Å². The van der Waals surface area contributed by atoms with E-state index in [4.69, 9.17) is 10.5 Å². The fourth-order valence-corrected chi connectivity index (χ4v) is 2.21. The molecule has 0 aromatic carbocycles. The first-order valence-electron chi connectivity index (χ1n) is 7.45. The summed E-state index contributed by atoms with van der Waals surface area (Å²) in [4.78, 5) is 16.2. The van der Waals surface area contributed by atoms with Gasteiger partial charge in [-0.25, -0.2) is 0 Å². The average molecular weight is 271 g/mol. The van der Waals surface area contributed by atoms with E-state index in [-0.39, 0.29) is 18.6 Å². The molecule has 0 unspecified atom stereocenters. The zero-order chi connectivity index (χ0) is 14.1. The molecule has 1 rings (SSSR count). The van der Waals surface area contributed by atoms with Gasteiger partial charge in [0.25, 0.3) is 0 Å². The third kappa shape index (κ3) is 6.89. The molecular weight excluding hydrogens is 242 g/mol. The Morgan fingerprint density at radius 3 is 2.42 bits per heavy atom. The van der Waals surface area contributed by atoms with Gasteiger partial charge in [0.05, 0.1) is 6.10 Å². The summed E-state index contributed by atoms with van der Waals surface area (Å²) in [6.07, 6.45) is 3.65. The Labute approximate surface area is 117 Å². The number of carbonyl (C=O) groups excluding carboxylic acids is 1. The van der Waals surface area contributed by atoms with Gasteiger partial charge < -0.3 is 15.4 Å². The Balaban J connectivity index is 2.12. The number of carbonyl (C=O) groups is 1. The molecule has 0 saturated carbocycles. The van der Waals surface area contributed by atoms with Gasteiger partial charge in [-0.2, -0.15) is 0 Å². The number of amides is 1. The molecule has 0 aliphatic carbocycles. The summed E-state index contributed by atoms with van der Waals surface area (Å²) in [7, 11) is 0. The van der Waals surface area contributed by atoms with Gasteiger partial charge in [0.2, 0.25) is 5.91 Å². The first kappa shape index (κ1) is 16.4. The molecule has 0 atom stereocenters. The van der Waals surface area contributed by atoms with Gasteiger partial charge in [-0.3, -0.25) is 9.69 Å². The lowest BCUT2D eigenvalue weighted by atomic mass is 10.2. The van der Waals surface area contributed by atoms with Crippen LogP contribution < -0.4 is 5.73 Å². The predicted molar refractivity (Wildman–Crippen MR) is 77.0 cm³/mol. The molecule has 2 N–H and O–H groups in total. The lowest BCUT2D eigenvalue weighted by Gasteiger charge is -2.34. The summed E-state index contributed by atoms with van der Waals surface area (Å²) in [5, 5.41) is 0. The van der Waals surface area contributed by atoms with Crippen molar-refractivity contribution in [2.75, 3.05) is 45.9 Å². The molecule has 1 saturated heterocycles. The largest absolute Gasteiger partial charge is 0.369 e. The molecular formula is C14H29N3O2. The minimum absolute atomic E-state index is 0.118. The first-order chi connectivity index (χ1) is 9.13. The SMILES string of the molecule is CC(C)OCC(=O)N1CCN(CCCCCN)CC1. The molecule has 1 fully saturated rings. The van der Waals surface area contributed by atoms with E-state index in [2.05, 4.69) is 4.90 Å². The Morgan fingerprint density at radius 1 is 1.16 bits per heavy atom. The van der Waals surface area contributed by atoms with E-state index in [1.165, 1.54) is 12.8 Å². The molecule has 0 aromatic rings. The third-order valence-corrected chi connectivity index (χ3v) is 3.44. The molecule has 112 valence electrons. The Hall–Kier alpha value is -0.650. The highest BCUT2D eigenvalue weighted by molar-refractivity contribution is 5.77. The molecule has 1 aliphatic heterocycles. The van der Waals surface area contributed by atoms with Crippen LogP contribution in [-0.4, -0.2) is 67.7 Å².